The molecule has 1 aromatic carbocycles. The molecule has 0 saturated carbocycles. The van der Waals surface area contributed by atoms with Crippen LogP contribution < -0.4 is 4.74 Å². The first-order valence-corrected chi connectivity index (χ1v) is 7.56. The van der Waals surface area contributed by atoms with Gasteiger partial charge in [-0.3, -0.25) is 4.79 Å². The van der Waals surface area contributed by atoms with Crippen LogP contribution in [-0.4, -0.2) is 24.6 Å². The number of ether oxygens (including phenoxy) is 2. The topological polar surface area (TPSA) is 35.5 Å². The number of carbonyl (C=O) groups excluding carboxylic acids is 1. The van der Waals surface area contributed by atoms with Crippen molar-refractivity contribution in [1.29, 1.82) is 0 Å². The van der Waals surface area contributed by atoms with E-state index in [1.165, 1.54) is 0 Å². The van der Waals surface area contributed by atoms with Crippen LogP contribution in [0.1, 0.15) is 56.3 Å². The first-order chi connectivity index (χ1) is 9.65. The summed E-state index contributed by atoms with van der Waals surface area (Å²) in [5.74, 6) is 0.960. The standard InChI is InChI=1S/C17H24O3/c1-13(2)20-16-8-3-6-14(12-16)17(18)10-4-7-15-9-5-11-19-15/h3,6,8,12-13,15H,4-5,7,9-11H2,1-2H3. The molecule has 1 aliphatic heterocycles. The molecule has 20 heavy (non-hydrogen) atoms. The molecule has 0 aliphatic carbocycles. The van der Waals surface area contributed by atoms with Gasteiger partial charge in [0.2, 0.25) is 0 Å². The zero-order valence-electron chi connectivity index (χ0n) is 12.4. The molecule has 0 amide bonds. The number of Topliss-reactive ketones (excluding diaryl/α,β-unsaturated/α-hetero) is 1. The minimum Gasteiger partial charge on any atom is -0.491 e. The van der Waals surface area contributed by atoms with E-state index in [4.69, 9.17) is 9.47 Å². The lowest BCUT2D eigenvalue weighted by molar-refractivity contribution is 0.0922. The van der Waals surface area contributed by atoms with Crippen molar-refractivity contribution >= 4 is 5.78 Å². The average molecular weight is 276 g/mol. The fourth-order valence-electron chi connectivity index (χ4n) is 2.52. The molecule has 3 heteroatoms. The molecule has 0 bridgehead atoms. The third kappa shape index (κ3) is 4.64. The Morgan fingerprint density at radius 2 is 2.30 bits per heavy atom. The third-order valence-corrected chi connectivity index (χ3v) is 3.48. The van der Waals surface area contributed by atoms with Crippen molar-refractivity contribution in [3.63, 3.8) is 0 Å². The summed E-state index contributed by atoms with van der Waals surface area (Å²) in [7, 11) is 0. The van der Waals surface area contributed by atoms with Crippen molar-refractivity contribution in [1.82, 2.24) is 0 Å². The molecular formula is C17H24O3. The fraction of sp³-hybridized carbons (Fsp3) is 0.588. The summed E-state index contributed by atoms with van der Waals surface area (Å²) in [6.07, 6.45) is 5.29. The second-order valence-corrected chi connectivity index (χ2v) is 5.64. The van der Waals surface area contributed by atoms with E-state index in [0.29, 0.717) is 12.5 Å². The lowest BCUT2D eigenvalue weighted by Crippen LogP contribution is -2.08. The number of benzene rings is 1. The summed E-state index contributed by atoms with van der Waals surface area (Å²) in [6, 6.07) is 7.48. The van der Waals surface area contributed by atoms with Crippen LogP contribution in [-0.2, 0) is 4.74 Å². The predicted molar refractivity (Wildman–Crippen MR) is 79.4 cm³/mol. The largest absolute Gasteiger partial charge is 0.491 e. The molecule has 1 fully saturated rings. The minimum atomic E-state index is 0.125. The molecule has 3 nitrogen and oxygen atoms in total. The highest BCUT2D eigenvalue weighted by atomic mass is 16.5. The molecular weight excluding hydrogens is 252 g/mol. The maximum absolute atomic E-state index is 12.2. The van der Waals surface area contributed by atoms with Crippen molar-refractivity contribution in [3.05, 3.63) is 29.8 Å². The third-order valence-electron chi connectivity index (χ3n) is 3.48. The molecule has 0 spiro atoms. The van der Waals surface area contributed by atoms with Gasteiger partial charge < -0.3 is 9.47 Å². The normalized spacial score (nSPS) is 18.4. The number of ketones is 1. The second-order valence-electron chi connectivity index (χ2n) is 5.64. The van der Waals surface area contributed by atoms with Crippen LogP contribution in [0.4, 0.5) is 0 Å². The molecule has 0 aromatic heterocycles. The van der Waals surface area contributed by atoms with Crippen LogP contribution in [0, 0.1) is 0 Å². The summed E-state index contributed by atoms with van der Waals surface area (Å²) < 4.78 is 11.2. The number of rotatable bonds is 7. The highest BCUT2D eigenvalue weighted by molar-refractivity contribution is 5.96. The molecule has 110 valence electrons. The van der Waals surface area contributed by atoms with Crippen molar-refractivity contribution in [2.45, 2.75) is 58.2 Å². The van der Waals surface area contributed by atoms with Crippen LogP contribution in [0.15, 0.2) is 24.3 Å². The molecule has 1 aromatic rings. The summed E-state index contributed by atoms with van der Waals surface area (Å²) in [4.78, 5) is 12.2. The Kier molecular flexibility index (Phi) is 5.60. The smallest absolute Gasteiger partial charge is 0.163 e. The lowest BCUT2D eigenvalue weighted by Gasteiger charge is -2.11. The van der Waals surface area contributed by atoms with E-state index in [1.807, 2.05) is 38.1 Å². The Morgan fingerprint density at radius 3 is 3.00 bits per heavy atom. The van der Waals surface area contributed by atoms with Crippen molar-refractivity contribution in [2.24, 2.45) is 0 Å². The van der Waals surface area contributed by atoms with Crippen LogP contribution in [0.3, 0.4) is 0 Å². The van der Waals surface area contributed by atoms with Crippen molar-refractivity contribution in [3.8, 4) is 5.75 Å². The summed E-state index contributed by atoms with van der Waals surface area (Å²) in [5, 5.41) is 0. The van der Waals surface area contributed by atoms with Gasteiger partial charge in [-0.25, -0.2) is 0 Å². The number of carbonyl (C=O) groups is 1. The highest BCUT2D eigenvalue weighted by Crippen LogP contribution is 2.20. The van der Waals surface area contributed by atoms with Gasteiger partial charge in [0.05, 0.1) is 12.2 Å². The average Bonchev–Trinajstić information content (AvgIpc) is 2.91. The SMILES string of the molecule is CC(C)Oc1cccc(C(=O)CCCC2CCCO2)c1. The Balaban J connectivity index is 1.81. The van der Waals surface area contributed by atoms with Gasteiger partial charge >= 0.3 is 0 Å². The summed E-state index contributed by atoms with van der Waals surface area (Å²) in [6.45, 7) is 4.85. The lowest BCUT2D eigenvalue weighted by atomic mass is 10.0. The minimum absolute atomic E-state index is 0.125. The number of hydrogen-bond acceptors (Lipinski definition) is 3. The monoisotopic (exact) mass is 276 g/mol. The van der Waals surface area contributed by atoms with Crippen LogP contribution in [0.25, 0.3) is 0 Å². The summed E-state index contributed by atoms with van der Waals surface area (Å²) in [5.41, 5.74) is 0.746. The van der Waals surface area contributed by atoms with Gasteiger partial charge in [-0.1, -0.05) is 12.1 Å². The van der Waals surface area contributed by atoms with Gasteiger partial charge in [-0.15, -0.1) is 0 Å². The van der Waals surface area contributed by atoms with Crippen molar-refractivity contribution in [2.75, 3.05) is 6.61 Å². The van der Waals surface area contributed by atoms with E-state index < -0.39 is 0 Å². The second kappa shape index (κ2) is 7.44. The van der Waals surface area contributed by atoms with Gasteiger partial charge in [-0.05, 0) is 51.7 Å². The van der Waals surface area contributed by atoms with Crippen LogP contribution >= 0.6 is 0 Å². The fourth-order valence-corrected chi connectivity index (χ4v) is 2.52. The Morgan fingerprint density at radius 1 is 1.45 bits per heavy atom. The first-order valence-electron chi connectivity index (χ1n) is 7.56. The van der Waals surface area contributed by atoms with Crippen molar-refractivity contribution < 1.29 is 14.3 Å². The van der Waals surface area contributed by atoms with E-state index in [9.17, 15) is 4.79 Å². The molecule has 1 aliphatic rings. The Bertz CT molecular complexity index is 434. The predicted octanol–water partition coefficient (Wildman–Crippen LogP) is 4.01. The van der Waals surface area contributed by atoms with Gasteiger partial charge in [0.1, 0.15) is 5.75 Å². The zero-order valence-corrected chi connectivity index (χ0v) is 12.4. The van der Waals surface area contributed by atoms with E-state index in [-0.39, 0.29) is 11.9 Å². The molecule has 1 saturated heterocycles. The maximum atomic E-state index is 12.2. The molecule has 0 N–H and O–H groups in total. The quantitative estimate of drug-likeness (QED) is 0.706. The Labute approximate surface area is 121 Å². The molecule has 1 atom stereocenters. The van der Waals surface area contributed by atoms with E-state index >= 15 is 0 Å². The first kappa shape index (κ1) is 15.0. The highest BCUT2D eigenvalue weighted by Gasteiger charge is 2.16. The number of hydrogen-bond donors (Lipinski definition) is 0. The van der Waals surface area contributed by atoms with E-state index in [2.05, 4.69) is 0 Å². The Hall–Kier alpha value is -1.35. The van der Waals surface area contributed by atoms with Gasteiger partial charge in [-0.2, -0.15) is 0 Å². The molecule has 0 radical (unpaired) electrons. The zero-order chi connectivity index (χ0) is 14.4. The molecule has 1 unspecified atom stereocenters. The molecule has 1 heterocycles. The molecule has 2 rings (SSSR count). The van der Waals surface area contributed by atoms with Gasteiger partial charge in [0, 0.05) is 18.6 Å². The van der Waals surface area contributed by atoms with E-state index in [1.54, 1.807) is 0 Å². The van der Waals surface area contributed by atoms with Crippen LogP contribution in [0.2, 0.25) is 0 Å². The van der Waals surface area contributed by atoms with E-state index in [0.717, 1.165) is 43.6 Å². The van der Waals surface area contributed by atoms with Gasteiger partial charge in [0.25, 0.3) is 0 Å². The van der Waals surface area contributed by atoms with Crippen LogP contribution in [0.5, 0.6) is 5.75 Å². The van der Waals surface area contributed by atoms with Gasteiger partial charge in [0.15, 0.2) is 5.78 Å². The summed E-state index contributed by atoms with van der Waals surface area (Å²) >= 11 is 0. The maximum Gasteiger partial charge on any atom is 0.163 e.